The number of nitrogens with one attached hydrogen (secondary N) is 1. The topological polar surface area (TPSA) is 67.1 Å². The molecular formula is C23H21N5O. The second-order valence-corrected chi connectivity index (χ2v) is 7.19. The molecule has 5 rings (SSSR count). The Labute approximate surface area is 169 Å². The Bertz CT molecular complexity index is 1140. The molecule has 0 aliphatic carbocycles. The highest BCUT2D eigenvalue weighted by atomic mass is 16.5. The van der Waals surface area contributed by atoms with E-state index in [2.05, 4.69) is 39.6 Å². The molecule has 2 aromatic heterocycles. The lowest BCUT2D eigenvalue weighted by atomic mass is 10.00. The molecule has 1 aliphatic rings. The molecule has 0 saturated heterocycles. The molecule has 29 heavy (non-hydrogen) atoms. The maximum atomic E-state index is 5.17. The molecule has 0 spiro atoms. The summed E-state index contributed by atoms with van der Waals surface area (Å²) < 4.78 is 5.17. The highest BCUT2D eigenvalue weighted by Crippen LogP contribution is 2.28. The molecule has 0 fully saturated rings. The molecule has 0 radical (unpaired) electrons. The second kappa shape index (κ2) is 7.39. The van der Waals surface area contributed by atoms with E-state index < -0.39 is 0 Å². The van der Waals surface area contributed by atoms with Gasteiger partial charge in [-0.1, -0.05) is 59.8 Å². The number of nitrogens with zero attached hydrogens (tertiary/aromatic N) is 4. The highest BCUT2D eigenvalue weighted by molar-refractivity contribution is 5.64. The average Bonchev–Trinajstić information content (AvgIpc) is 3.18. The minimum absolute atomic E-state index is 0.634. The predicted molar refractivity (Wildman–Crippen MR) is 113 cm³/mol. The lowest BCUT2D eigenvalue weighted by Crippen LogP contribution is -2.31. The number of rotatable bonds is 4. The number of hydrogen-bond donors (Lipinski definition) is 1. The molecule has 2 aromatic carbocycles. The van der Waals surface area contributed by atoms with Crippen LogP contribution in [0.25, 0.3) is 11.4 Å². The van der Waals surface area contributed by atoms with Crippen LogP contribution in [-0.4, -0.2) is 21.7 Å². The van der Waals surface area contributed by atoms with Crippen LogP contribution in [0.15, 0.2) is 71.3 Å². The van der Waals surface area contributed by atoms with Gasteiger partial charge >= 0.3 is 0 Å². The van der Waals surface area contributed by atoms with Gasteiger partial charge in [0, 0.05) is 30.8 Å². The molecule has 0 unspecified atom stereocenters. The number of hydrogen-bond acceptors (Lipinski definition) is 6. The Morgan fingerprint density at radius 2 is 1.69 bits per heavy atom. The van der Waals surface area contributed by atoms with Crippen LogP contribution in [-0.2, 0) is 13.0 Å². The van der Waals surface area contributed by atoms with E-state index in [1.807, 2.05) is 49.4 Å². The fourth-order valence-electron chi connectivity index (χ4n) is 3.62. The number of aromatic nitrogens is 3. The summed E-state index contributed by atoms with van der Waals surface area (Å²) in [5, 5.41) is 7.28. The van der Waals surface area contributed by atoms with Crippen LogP contribution in [0.1, 0.15) is 16.9 Å². The van der Waals surface area contributed by atoms with Gasteiger partial charge in [-0.2, -0.15) is 0 Å². The zero-order chi connectivity index (χ0) is 19.6. The maximum absolute atomic E-state index is 5.17. The number of anilines is 3. The van der Waals surface area contributed by atoms with Gasteiger partial charge in [0.05, 0.1) is 0 Å². The van der Waals surface area contributed by atoms with E-state index in [9.17, 15) is 0 Å². The Morgan fingerprint density at radius 3 is 2.48 bits per heavy atom. The van der Waals surface area contributed by atoms with Gasteiger partial charge < -0.3 is 14.7 Å². The Balaban J connectivity index is 1.53. The summed E-state index contributed by atoms with van der Waals surface area (Å²) in [6.45, 7) is 3.62. The molecule has 6 nitrogen and oxygen atoms in total. The Kier molecular flexibility index (Phi) is 4.44. The number of aryl methyl sites for hydroxylation is 1. The van der Waals surface area contributed by atoms with Crippen molar-refractivity contribution in [3.63, 3.8) is 0 Å². The summed E-state index contributed by atoms with van der Waals surface area (Å²) >= 11 is 0. The smallest absolute Gasteiger partial charge is 0.175 e. The molecule has 4 aromatic rings. The first-order chi connectivity index (χ1) is 14.2. The lowest BCUT2D eigenvalue weighted by Gasteiger charge is -2.30. The first-order valence-corrected chi connectivity index (χ1v) is 9.71. The van der Waals surface area contributed by atoms with Crippen molar-refractivity contribution in [2.45, 2.75) is 19.9 Å². The minimum Gasteiger partial charge on any atom is -0.360 e. The van der Waals surface area contributed by atoms with Crippen molar-refractivity contribution in [3.8, 4) is 11.4 Å². The summed E-state index contributed by atoms with van der Waals surface area (Å²) in [4.78, 5) is 11.9. The Hall–Kier alpha value is -3.67. The van der Waals surface area contributed by atoms with Crippen LogP contribution in [0.5, 0.6) is 0 Å². The normalized spacial score (nSPS) is 13.2. The van der Waals surface area contributed by atoms with E-state index in [-0.39, 0.29) is 0 Å². The third-order valence-corrected chi connectivity index (χ3v) is 5.08. The second-order valence-electron chi connectivity index (χ2n) is 7.19. The van der Waals surface area contributed by atoms with Crippen molar-refractivity contribution in [1.82, 2.24) is 15.1 Å². The zero-order valence-corrected chi connectivity index (χ0v) is 16.2. The summed E-state index contributed by atoms with van der Waals surface area (Å²) in [5.41, 5.74) is 3.74. The summed E-state index contributed by atoms with van der Waals surface area (Å²) in [6, 6.07) is 22.5. The fraction of sp³-hybridized carbons (Fsp3) is 0.174. The van der Waals surface area contributed by atoms with E-state index >= 15 is 0 Å². The van der Waals surface area contributed by atoms with Crippen LogP contribution in [0, 0.1) is 6.92 Å². The van der Waals surface area contributed by atoms with E-state index in [0.29, 0.717) is 17.5 Å². The highest BCUT2D eigenvalue weighted by Gasteiger charge is 2.19. The van der Waals surface area contributed by atoms with Gasteiger partial charge in [-0.15, -0.1) is 0 Å². The zero-order valence-electron chi connectivity index (χ0n) is 16.2. The summed E-state index contributed by atoms with van der Waals surface area (Å²) in [7, 11) is 0. The third-order valence-electron chi connectivity index (χ3n) is 5.08. The predicted octanol–water partition coefficient (Wildman–Crippen LogP) is 4.75. The molecule has 1 N–H and O–H groups in total. The Morgan fingerprint density at radius 1 is 0.897 bits per heavy atom. The average molecular weight is 383 g/mol. The van der Waals surface area contributed by atoms with Crippen molar-refractivity contribution in [3.05, 3.63) is 83.6 Å². The molecule has 3 heterocycles. The van der Waals surface area contributed by atoms with Crippen molar-refractivity contribution in [1.29, 1.82) is 0 Å². The minimum atomic E-state index is 0.634. The van der Waals surface area contributed by atoms with Crippen molar-refractivity contribution >= 4 is 17.5 Å². The fourth-order valence-corrected chi connectivity index (χ4v) is 3.62. The monoisotopic (exact) mass is 383 g/mol. The van der Waals surface area contributed by atoms with Gasteiger partial charge in [0.1, 0.15) is 17.4 Å². The molecule has 144 valence electrons. The van der Waals surface area contributed by atoms with Gasteiger partial charge in [0.2, 0.25) is 0 Å². The summed E-state index contributed by atoms with van der Waals surface area (Å²) in [5.74, 6) is 3.66. The standard InChI is InChI=1S/C23H21N5O/c1-16-13-21(27-29-16)24-20-14-22(26-23(25-20)18-8-3-2-4-9-18)28-12-11-17-7-5-6-10-19(17)15-28/h2-10,13-14H,11-12,15H2,1H3,(H,24,25,26,27). The van der Waals surface area contributed by atoms with Gasteiger partial charge in [0.25, 0.3) is 0 Å². The number of benzene rings is 2. The third kappa shape index (κ3) is 3.69. The van der Waals surface area contributed by atoms with E-state index in [1.165, 1.54) is 11.1 Å². The molecule has 0 saturated carbocycles. The number of fused-ring (bicyclic) bond motifs is 1. The van der Waals surface area contributed by atoms with Crippen molar-refractivity contribution in [2.75, 3.05) is 16.8 Å². The van der Waals surface area contributed by atoms with Crippen LogP contribution in [0.3, 0.4) is 0 Å². The molecule has 0 amide bonds. The molecule has 0 atom stereocenters. The van der Waals surface area contributed by atoms with E-state index in [0.717, 1.165) is 36.7 Å². The van der Waals surface area contributed by atoms with Gasteiger partial charge in [-0.3, -0.25) is 0 Å². The SMILES string of the molecule is Cc1cc(Nc2cc(N3CCc4ccccc4C3)nc(-c3ccccc3)n2)no1. The lowest BCUT2D eigenvalue weighted by molar-refractivity contribution is 0.400. The molecular weight excluding hydrogens is 362 g/mol. The largest absolute Gasteiger partial charge is 0.360 e. The maximum Gasteiger partial charge on any atom is 0.175 e. The van der Waals surface area contributed by atoms with E-state index in [4.69, 9.17) is 14.5 Å². The van der Waals surface area contributed by atoms with Gasteiger partial charge in [0.15, 0.2) is 11.6 Å². The van der Waals surface area contributed by atoms with Crippen LogP contribution in [0.4, 0.5) is 17.5 Å². The quantitative estimate of drug-likeness (QED) is 0.549. The first-order valence-electron chi connectivity index (χ1n) is 9.71. The van der Waals surface area contributed by atoms with Gasteiger partial charge in [-0.05, 0) is 24.5 Å². The first kappa shape index (κ1) is 17.4. The molecule has 1 aliphatic heterocycles. The molecule has 6 heteroatoms. The van der Waals surface area contributed by atoms with Gasteiger partial charge in [-0.25, -0.2) is 9.97 Å². The van der Waals surface area contributed by atoms with Crippen LogP contribution >= 0.6 is 0 Å². The van der Waals surface area contributed by atoms with Crippen LogP contribution in [0.2, 0.25) is 0 Å². The van der Waals surface area contributed by atoms with Crippen molar-refractivity contribution < 1.29 is 4.52 Å². The summed E-state index contributed by atoms with van der Waals surface area (Å²) in [6.07, 6.45) is 1.01. The van der Waals surface area contributed by atoms with Crippen molar-refractivity contribution in [2.24, 2.45) is 0 Å². The van der Waals surface area contributed by atoms with Crippen LogP contribution < -0.4 is 10.2 Å². The molecule has 0 bridgehead atoms. The van der Waals surface area contributed by atoms with E-state index in [1.54, 1.807) is 0 Å².